The van der Waals surface area contributed by atoms with Crippen molar-refractivity contribution >= 4 is 23.7 Å². The van der Waals surface area contributed by atoms with Gasteiger partial charge in [0, 0.05) is 26.1 Å². The number of aliphatic hydroxyl groups is 1. The van der Waals surface area contributed by atoms with E-state index in [0.717, 1.165) is 5.56 Å². The van der Waals surface area contributed by atoms with Crippen LogP contribution >= 0.6 is 0 Å². The van der Waals surface area contributed by atoms with Crippen LogP contribution in [-0.2, 0) is 28.7 Å². The summed E-state index contributed by atoms with van der Waals surface area (Å²) in [5, 5.41) is 10.6. The number of carbonyl (C=O) groups is 4. The molecule has 0 saturated carbocycles. The molecular weight excluding hydrogens is 598 g/mol. The molecule has 3 heterocycles. The van der Waals surface area contributed by atoms with Gasteiger partial charge in [-0.25, -0.2) is 0 Å². The van der Waals surface area contributed by atoms with Crippen LogP contribution in [0.2, 0.25) is 0 Å². The fourth-order valence-corrected chi connectivity index (χ4v) is 7.83. The Morgan fingerprint density at radius 1 is 1.13 bits per heavy atom. The second kappa shape index (κ2) is 15.2. The normalized spacial score (nSPS) is 26.6. The molecule has 0 radical (unpaired) electrons. The Balaban J connectivity index is 1.73. The van der Waals surface area contributed by atoms with Crippen LogP contribution in [0.5, 0.6) is 0 Å². The van der Waals surface area contributed by atoms with E-state index in [1.165, 1.54) is 4.90 Å². The maximum Gasteiger partial charge on any atom is 0.313 e. The lowest BCUT2D eigenvalue weighted by atomic mass is 9.70. The third kappa shape index (κ3) is 6.90. The Labute approximate surface area is 279 Å². The summed E-state index contributed by atoms with van der Waals surface area (Å²) < 4.78 is 13.0. The second-order valence-corrected chi connectivity index (χ2v) is 14.0. The van der Waals surface area contributed by atoms with Crippen molar-refractivity contribution < 1.29 is 33.8 Å². The van der Waals surface area contributed by atoms with Crippen LogP contribution in [0.3, 0.4) is 0 Å². The van der Waals surface area contributed by atoms with E-state index >= 15 is 0 Å². The quantitative estimate of drug-likeness (QED) is 0.210. The van der Waals surface area contributed by atoms with Crippen LogP contribution < -0.4 is 0 Å². The van der Waals surface area contributed by atoms with Gasteiger partial charge in [0.25, 0.3) is 0 Å². The number of nitrogens with zero attached hydrogens (tertiary/aromatic N) is 3. The number of aliphatic hydroxyl groups excluding tert-OH is 1. The Morgan fingerprint density at radius 2 is 1.81 bits per heavy atom. The maximum atomic E-state index is 14.6. The number of esters is 1. The van der Waals surface area contributed by atoms with Crippen molar-refractivity contribution in [1.82, 2.24) is 14.7 Å². The summed E-state index contributed by atoms with van der Waals surface area (Å²) in [6, 6.07) is 6.95. The number of ether oxygens (including phenoxy) is 2. The van der Waals surface area contributed by atoms with Gasteiger partial charge in [0.2, 0.25) is 17.7 Å². The number of allylic oxidation sites excluding steroid dienone is 1. The molecule has 0 aliphatic carbocycles. The zero-order chi connectivity index (χ0) is 34.6. The van der Waals surface area contributed by atoms with Crippen molar-refractivity contribution in [2.24, 2.45) is 17.8 Å². The van der Waals surface area contributed by atoms with Gasteiger partial charge in [-0.05, 0) is 57.9 Å². The SMILES string of the molecule is C=CCCC(=O)N(C)[C@H](C)[C@H](OC(=O)[C@@H]1[C@@H]2CC[C@]3(O2)[C@H](C(=O)N(CC=C)C(C)C)N([C@@H](CO)CC(C)C)C(=O)[C@@H]13)c1ccccc1. The number of benzene rings is 1. The number of likely N-dealkylation sites (tertiary alicyclic amines) is 1. The number of likely N-dealkylation sites (N-methyl/N-ethyl adjacent to an activating group) is 1. The summed E-state index contributed by atoms with van der Waals surface area (Å²) >= 11 is 0. The number of hydrogen-bond acceptors (Lipinski definition) is 7. The fourth-order valence-electron chi connectivity index (χ4n) is 7.83. The first kappa shape index (κ1) is 36.3. The van der Waals surface area contributed by atoms with Gasteiger partial charge in [0.1, 0.15) is 17.7 Å². The fraction of sp³-hybridized carbons (Fsp3) is 0.622. The van der Waals surface area contributed by atoms with Gasteiger partial charge in [0.15, 0.2) is 0 Å². The lowest BCUT2D eigenvalue weighted by Crippen LogP contribution is -2.59. The van der Waals surface area contributed by atoms with Crippen molar-refractivity contribution in [3.8, 4) is 0 Å². The number of fused-ring (bicyclic) bond motifs is 1. The van der Waals surface area contributed by atoms with Gasteiger partial charge in [-0.3, -0.25) is 19.2 Å². The summed E-state index contributed by atoms with van der Waals surface area (Å²) in [4.78, 5) is 61.2. The molecule has 2 bridgehead atoms. The first-order chi connectivity index (χ1) is 22.3. The van der Waals surface area contributed by atoms with Crippen molar-refractivity contribution in [1.29, 1.82) is 0 Å². The molecule has 1 N–H and O–H groups in total. The standard InChI is InChI=1S/C37H53N3O7/c1-9-11-17-29(42)38(8)25(7)32(26-15-13-12-14-16-26)46-36(45)30-28-18-19-37(47-28)31(30)34(43)40(27(22-41)21-23(3)4)33(37)35(44)39(20-10-2)24(5)6/h9-10,12-16,23-25,27-28,30-33,41H,1-2,11,17-22H2,3-8H3/t25-,27-,28+,30-,31-,32+,33+,37-/m1/s1. The minimum absolute atomic E-state index is 0.103. The molecule has 3 aliphatic rings. The molecule has 0 aromatic heterocycles. The van der Waals surface area contributed by atoms with Crippen molar-refractivity contribution in [2.45, 2.75) is 109 Å². The van der Waals surface area contributed by atoms with Gasteiger partial charge >= 0.3 is 5.97 Å². The highest BCUT2D eigenvalue weighted by Gasteiger charge is 2.75. The van der Waals surface area contributed by atoms with Gasteiger partial charge < -0.3 is 29.3 Å². The van der Waals surface area contributed by atoms with E-state index in [9.17, 15) is 24.3 Å². The highest BCUT2D eigenvalue weighted by molar-refractivity contribution is 5.98. The van der Waals surface area contributed by atoms with Gasteiger partial charge in [-0.1, -0.05) is 56.3 Å². The van der Waals surface area contributed by atoms with Crippen LogP contribution in [0.25, 0.3) is 0 Å². The van der Waals surface area contributed by atoms with Crippen molar-refractivity contribution in [3.05, 3.63) is 61.2 Å². The summed E-state index contributed by atoms with van der Waals surface area (Å²) in [7, 11) is 1.69. The van der Waals surface area contributed by atoms with E-state index in [2.05, 4.69) is 13.2 Å². The van der Waals surface area contributed by atoms with E-state index in [1.807, 2.05) is 65.0 Å². The van der Waals surface area contributed by atoms with Crippen LogP contribution in [-0.4, -0.2) is 99.6 Å². The maximum absolute atomic E-state index is 14.6. The molecule has 3 saturated heterocycles. The van der Waals surface area contributed by atoms with Gasteiger partial charge in [0.05, 0.1) is 36.6 Å². The van der Waals surface area contributed by atoms with E-state index in [-0.39, 0.29) is 49.3 Å². The third-order valence-electron chi connectivity index (χ3n) is 10.2. The van der Waals surface area contributed by atoms with E-state index < -0.39 is 53.7 Å². The summed E-state index contributed by atoms with van der Waals surface area (Å²) in [5.41, 5.74) is -0.510. The minimum atomic E-state index is -1.23. The molecule has 3 fully saturated rings. The second-order valence-electron chi connectivity index (χ2n) is 14.0. The number of carbonyl (C=O) groups excluding carboxylic acids is 4. The molecular formula is C37H53N3O7. The molecule has 0 unspecified atom stereocenters. The number of rotatable bonds is 16. The van der Waals surface area contributed by atoms with Crippen LogP contribution in [0, 0.1) is 17.8 Å². The molecule has 10 nitrogen and oxygen atoms in total. The Hall–Kier alpha value is -3.50. The summed E-state index contributed by atoms with van der Waals surface area (Å²) in [6.07, 6.45) is 4.16. The topological polar surface area (TPSA) is 117 Å². The first-order valence-electron chi connectivity index (χ1n) is 17.0. The predicted octanol–water partition coefficient (Wildman–Crippen LogP) is 4.29. The van der Waals surface area contributed by atoms with Crippen molar-refractivity contribution in [2.75, 3.05) is 20.2 Å². The van der Waals surface area contributed by atoms with Gasteiger partial charge in [-0.15, -0.1) is 13.2 Å². The molecule has 4 rings (SSSR count). The van der Waals surface area contributed by atoms with E-state index in [4.69, 9.17) is 9.47 Å². The Morgan fingerprint density at radius 3 is 2.38 bits per heavy atom. The highest BCUT2D eigenvalue weighted by Crippen LogP contribution is 2.59. The molecule has 3 amide bonds. The molecule has 258 valence electrons. The van der Waals surface area contributed by atoms with Crippen LogP contribution in [0.15, 0.2) is 55.6 Å². The Bertz CT molecular complexity index is 1320. The summed E-state index contributed by atoms with van der Waals surface area (Å²) in [6.45, 7) is 17.2. The molecule has 8 atom stereocenters. The highest BCUT2D eigenvalue weighted by atomic mass is 16.6. The zero-order valence-corrected chi connectivity index (χ0v) is 28.8. The smallest absolute Gasteiger partial charge is 0.313 e. The number of amides is 3. The average molecular weight is 652 g/mol. The number of hydrogen-bond donors (Lipinski definition) is 1. The lowest BCUT2D eigenvalue weighted by Gasteiger charge is -2.40. The minimum Gasteiger partial charge on any atom is -0.455 e. The predicted molar refractivity (Wildman–Crippen MR) is 179 cm³/mol. The molecule has 1 spiro atoms. The Kier molecular flexibility index (Phi) is 11.7. The molecule has 47 heavy (non-hydrogen) atoms. The monoisotopic (exact) mass is 651 g/mol. The van der Waals surface area contributed by atoms with E-state index in [1.54, 1.807) is 29.0 Å². The molecule has 3 aliphatic heterocycles. The zero-order valence-electron chi connectivity index (χ0n) is 28.8. The first-order valence-corrected chi connectivity index (χ1v) is 17.0. The summed E-state index contributed by atoms with van der Waals surface area (Å²) in [5.74, 6) is -3.08. The molecule has 10 heteroatoms. The van der Waals surface area contributed by atoms with Crippen LogP contribution in [0.1, 0.15) is 78.4 Å². The van der Waals surface area contributed by atoms with E-state index in [0.29, 0.717) is 25.7 Å². The van der Waals surface area contributed by atoms with Crippen molar-refractivity contribution in [3.63, 3.8) is 0 Å². The average Bonchev–Trinajstić information content (AvgIpc) is 3.70. The third-order valence-corrected chi connectivity index (χ3v) is 10.2. The van der Waals surface area contributed by atoms with Crippen LogP contribution in [0.4, 0.5) is 0 Å². The largest absolute Gasteiger partial charge is 0.455 e. The molecule has 1 aromatic carbocycles. The molecule has 1 aromatic rings. The lowest BCUT2D eigenvalue weighted by molar-refractivity contribution is -0.165. The van der Waals surface area contributed by atoms with Gasteiger partial charge in [-0.2, -0.15) is 0 Å².